The highest BCUT2D eigenvalue weighted by molar-refractivity contribution is 5.91. The average Bonchev–Trinajstić information content (AvgIpc) is 3.11. The van der Waals surface area contributed by atoms with Crippen molar-refractivity contribution in [2.45, 2.75) is 0 Å². The summed E-state index contributed by atoms with van der Waals surface area (Å²) in [7, 11) is 0. The van der Waals surface area contributed by atoms with Crippen molar-refractivity contribution >= 4 is 11.9 Å². The molecular weight excluding hydrogens is 284 g/mol. The maximum Gasteiger partial charge on any atom is 0.273 e. The molecular formula is C13H18N8O. The van der Waals surface area contributed by atoms with Gasteiger partial charge in [-0.25, -0.2) is 9.97 Å². The molecule has 0 unspecified atom stereocenters. The molecule has 0 saturated carbocycles. The summed E-state index contributed by atoms with van der Waals surface area (Å²) in [5, 5.41) is 12.6. The lowest BCUT2D eigenvalue weighted by Gasteiger charge is -2.34. The normalized spacial score (nSPS) is 15.7. The smallest absolute Gasteiger partial charge is 0.273 e. The van der Waals surface area contributed by atoms with E-state index < -0.39 is 0 Å². The van der Waals surface area contributed by atoms with Crippen LogP contribution < -0.4 is 10.2 Å². The van der Waals surface area contributed by atoms with Crippen LogP contribution in [0.4, 0.5) is 5.95 Å². The number of carbonyl (C=O) groups is 1. The molecule has 3 heterocycles. The van der Waals surface area contributed by atoms with Crippen molar-refractivity contribution in [3.05, 3.63) is 30.4 Å². The molecule has 0 aromatic carbocycles. The number of amides is 1. The summed E-state index contributed by atoms with van der Waals surface area (Å²) in [5.41, 5.74) is 0.311. The topological polar surface area (TPSA) is 103 Å². The van der Waals surface area contributed by atoms with Gasteiger partial charge in [-0.1, -0.05) is 0 Å². The van der Waals surface area contributed by atoms with Crippen molar-refractivity contribution in [3.63, 3.8) is 0 Å². The van der Waals surface area contributed by atoms with Gasteiger partial charge in [0.15, 0.2) is 5.69 Å². The van der Waals surface area contributed by atoms with Gasteiger partial charge in [-0.3, -0.25) is 9.69 Å². The second-order valence-corrected chi connectivity index (χ2v) is 4.99. The Bertz CT molecular complexity index is 579. The minimum absolute atomic E-state index is 0.204. The lowest BCUT2D eigenvalue weighted by Crippen LogP contribution is -2.49. The fourth-order valence-corrected chi connectivity index (χ4v) is 2.36. The molecule has 0 radical (unpaired) electrons. The number of aromatic amines is 1. The summed E-state index contributed by atoms with van der Waals surface area (Å²) >= 11 is 0. The van der Waals surface area contributed by atoms with E-state index in [4.69, 9.17) is 0 Å². The Morgan fingerprint density at radius 2 is 2.00 bits per heavy atom. The first-order valence-corrected chi connectivity index (χ1v) is 7.21. The van der Waals surface area contributed by atoms with E-state index in [0.29, 0.717) is 12.2 Å². The molecule has 1 aliphatic heterocycles. The predicted molar refractivity (Wildman–Crippen MR) is 79.4 cm³/mol. The van der Waals surface area contributed by atoms with Crippen molar-refractivity contribution < 1.29 is 4.79 Å². The highest BCUT2D eigenvalue weighted by atomic mass is 16.1. The zero-order chi connectivity index (χ0) is 15.2. The van der Waals surface area contributed by atoms with Gasteiger partial charge in [0.25, 0.3) is 5.91 Å². The number of piperazine rings is 1. The Morgan fingerprint density at radius 1 is 1.23 bits per heavy atom. The molecule has 0 bridgehead atoms. The first-order chi connectivity index (χ1) is 10.8. The fourth-order valence-electron chi connectivity index (χ4n) is 2.36. The molecule has 9 heteroatoms. The third kappa shape index (κ3) is 3.55. The summed E-state index contributed by atoms with van der Waals surface area (Å²) < 4.78 is 0. The zero-order valence-corrected chi connectivity index (χ0v) is 12.1. The zero-order valence-electron chi connectivity index (χ0n) is 12.1. The number of nitrogens with one attached hydrogen (secondary N) is 2. The summed E-state index contributed by atoms with van der Waals surface area (Å²) in [6.07, 6.45) is 4.93. The Morgan fingerprint density at radius 3 is 2.68 bits per heavy atom. The first kappa shape index (κ1) is 14.4. The number of nitrogens with zero attached hydrogens (tertiary/aromatic N) is 6. The molecule has 2 N–H and O–H groups in total. The van der Waals surface area contributed by atoms with Crippen molar-refractivity contribution in [3.8, 4) is 0 Å². The molecule has 0 atom stereocenters. The number of hydrogen-bond donors (Lipinski definition) is 2. The van der Waals surface area contributed by atoms with E-state index in [-0.39, 0.29) is 5.91 Å². The lowest BCUT2D eigenvalue weighted by atomic mass is 10.3. The number of hydrogen-bond acceptors (Lipinski definition) is 7. The van der Waals surface area contributed by atoms with Crippen LogP contribution in [0.1, 0.15) is 10.5 Å². The molecule has 1 fully saturated rings. The Hall–Kier alpha value is -2.55. The van der Waals surface area contributed by atoms with Gasteiger partial charge in [-0.2, -0.15) is 15.4 Å². The molecule has 2 aromatic rings. The quantitative estimate of drug-likeness (QED) is 0.741. The largest absolute Gasteiger partial charge is 0.349 e. The van der Waals surface area contributed by atoms with E-state index >= 15 is 0 Å². The van der Waals surface area contributed by atoms with Crippen LogP contribution >= 0.6 is 0 Å². The molecule has 1 aliphatic rings. The summed E-state index contributed by atoms with van der Waals surface area (Å²) in [6.45, 7) is 5.04. The van der Waals surface area contributed by atoms with Crippen molar-refractivity contribution in [1.82, 2.24) is 35.6 Å². The van der Waals surface area contributed by atoms with Gasteiger partial charge >= 0.3 is 0 Å². The van der Waals surface area contributed by atoms with Gasteiger partial charge in [0.2, 0.25) is 5.95 Å². The molecule has 2 aromatic heterocycles. The molecule has 116 valence electrons. The van der Waals surface area contributed by atoms with Gasteiger partial charge in [0, 0.05) is 51.7 Å². The molecule has 0 aliphatic carbocycles. The SMILES string of the molecule is O=C(NCCN1CCN(c2ncccn2)CC1)c1cn[nH]n1. The van der Waals surface area contributed by atoms with E-state index in [0.717, 1.165) is 38.7 Å². The van der Waals surface area contributed by atoms with Gasteiger partial charge in [0.1, 0.15) is 0 Å². The fraction of sp³-hybridized carbons (Fsp3) is 0.462. The second kappa shape index (κ2) is 6.94. The maximum atomic E-state index is 11.7. The van der Waals surface area contributed by atoms with Crippen LogP contribution in [0.5, 0.6) is 0 Å². The molecule has 1 saturated heterocycles. The Kier molecular flexibility index (Phi) is 4.54. The summed E-state index contributed by atoms with van der Waals surface area (Å²) in [6, 6.07) is 1.82. The van der Waals surface area contributed by atoms with Crippen molar-refractivity contribution in [2.75, 3.05) is 44.2 Å². The molecule has 0 spiro atoms. The standard InChI is InChI=1S/C13H18N8O/c22-12(11-10-17-19-18-11)14-4-5-20-6-8-21(9-7-20)13-15-2-1-3-16-13/h1-3,10H,4-9H2,(H,14,22)(H,17,18,19). The Balaban J connectivity index is 1.38. The van der Waals surface area contributed by atoms with Crippen LogP contribution in [-0.2, 0) is 0 Å². The minimum Gasteiger partial charge on any atom is -0.349 e. The van der Waals surface area contributed by atoms with E-state index in [9.17, 15) is 4.79 Å². The molecule has 3 rings (SSSR count). The third-order valence-corrected chi connectivity index (χ3v) is 3.57. The lowest BCUT2D eigenvalue weighted by molar-refractivity contribution is 0.0942. The van der Waals surface area contributed by atoms with Gasteiger partial charge in [-0.15, -0.1) is 0 Å². The molecule has 22 heavy (non-hydrogen) atoms. The van der Waals surface area contributed by atoms with Crippen LogP contribution in [0.2, 0.25) is 0 Å². The van der Waals surface area contributed by atoms with Crippen LogP contribution in [-0.4, -0.2) is 75.5 Å². The molecule has 9 nitrogen and oxygen atoms in total. The van der Waals surface area contributed by atoms with E-state index in [2.05, 4.69) is 40.5 Å². The van der Waals surface area contributed by atoms with Crippen LogP contribution in [0.3, 0.4) is 0 Å². The average molecular weight is 302 g/mol. The monoisotopic (exact) mass is 302 g/mol. The van der Waals surface area contributed by atoms with E-state index in [1.807, 2.05) is 6.07 Å². The third-order valence-electron chi connectivity index (χ3n) is 3.57. The van der Waals surface area contributed by atoms with E-state index in [1.165, 1.54) is 6.20 Å². The number of carbonyl (C=O) groups excluding carboxylic acids is 1. The highest BCUT2D eigenvalue weighted by Gasteiger charge is 2.18. The predicted octanol–water partition coefficient (Wildman–Crippen LogP) is -0.853. The van der Waals surface area contributed by atoms with Crippen molar-refractivity contribution in [1.29, 1.82) is 0 Å². The number of rotatable bonds is 5. The maximum absolute atomic E-state index is 11.7. The summed E-state index contributed by atoms with van der Waals surface area (Å²) in [4.78, 5) is 24.7. The van der Waals surface area contributed by atoms with E-state index in [1.54, 1.807) is 12.4 Å². The number of H-pyrrole nitrogens is 1. The van der Waals surface area contributed by atoms with Crippen LogP contribution in [0, 0.1) is 0 Å². The van der Waals surface area contributed by atoms with Crippen molar-refractivity contribution in [2.24, 2.45) is 0 Å². The Labute approximate surface area is 127 Å². The minimum atomic E-state index is -0.204. The number of anilines is 1. The first-order valence-electron chi connectivity index (χ1n) is 7.21. The van der Waals surface area contributed by atoms with Crippen LogP contribution in [0.15, 0.2) is 24.7 Å². The van der Waals surface area contributed by atoms with Crippen LogP contribution in [0.25, 0.3) is 0 Å². The highest BCUT2D eigenvalue weighted by Crippen LogP contribution is 2.09. The van der Waals surface area contributed by atoms with Gasteiger partial charge in [0.05, 0.1) is 6.20 Å². The summed E-state index contributed by atoms with van der Waals surface area (Å²) in [5.74, 6) is 0.576. The van der Waals surface area contributed by atoms with Gasteiger partial charge < -0.3 is 10.2 Å². The van der Waals surface area contributed by atoms with Gasteiger partial charge in [-0.05, 0) is 6.07 Å². The second-order valence-electron chi connectivity index (χ2n) is 4.99. The number of aromatic nitrogens is 5. The molecule has 1 amide bonds.